The molecule has 356 valence electrons. The molecular formula is C50H86NO10P. The molecule has 4 N–H and O–H groups in total. The van der Waals surface area contributed by atoms with Crippen LogP contribution in [-0.4, -0.2) is 64.9 Å². The molecule has 0 fully saturated rings. The summed E-state index contributed by atoms with van der Waals surface area (Å²) in [6.07, 6.45) is 53.4. The Morgan fingerprint density at radius 3 is 1.42 bits per heavy atom. The van der Waals surface area contributed by atoms with Crippen LogP contribution in [0.3, 0.4) is 0 Å². The lowest BCUT2D eigenvalue weighted by atomic mass is 10.1. The quantitative estimate of drug-likeness (QED) is 0.0200. The number of allylic oxidation sites excluding steroid dienone is 12. The molecule has 0 aliphatic heterocycles. The first kappa shape index (κ1) is 58.9. The van der Waals surface area contributed by atoms with Crippen LogP contribution in [-0.2, 0) is 32.7 Å². The van der Waals surface area contributed by atoms with E-state index in [0.717, 1.165) is 96.3 Å². The molecule has 0 aliphatic carbocycles. The first-order chi connectivity index (χ1) is 30.1. The molecule has 0 heterocycles. The lowest BCUT2D eigenvalue weighted by molar-refractivity contribution is -0.147. The number of aliphatic hydroxyl groups excluding tert-OH is 1. The van der Waals surface area contributed by atoms with E-state index in [1.54, 1.807) is 0 Å². The SMILES string of the molecule is CC/C=C\C/C=C\C/C=C\C/C=C\C/C=C\CCCCCCCC(=O)OCC(O)COP(=O)(O)OCC(NC(=O)CCCCCCCCC/C=C\CCCCCCCC)C(=O)O. The maximum absolute atomic E-state index is 12.3. The highest BCUT2D eigenvalue weighted by Crippen LogP contribution is 2.43. The number of hydrogen-bond donors (Lipinski definition) is 4. The highest BCUT2D eigenvalue weighted by Gasteiger charge is 2.28. The zero-order valence-corrected chi connectivity index (χ0v) is 39.5. The molecule has 0 aromatic heterocycles. The Kier molecular flexibility index (Phi) is 42.3. The van der Waals surface area contributed by atoms with Crippen molar-refractivity contribution in [1.82, 2.24) is 5.32 Å². The molecule has 0 radical (unpaired) electrons. The fourth-order valence-corrected chi connectivity index (χ4v) is 7.05. The van der Waals surface area contributed by atoms with Gasteiger partial charge >= 0.3 is 19.8 Å². The topological polar surface area (TPSA) is 169 Å². The van der Waals surface area contributed by atoms with Gasteiger partial charge in [-0.05, 0) is 83.5 Å². The number of carboxylic acid groups (broad SMARTS) is 1. The van der Waals surface area contributed by atoms with Crippen LogP contribution in [0.5, 0.6) is 0 Å². The van der Waals surface area contributed by atoms with Crippen molar-refractivity contribution in [1.29, 1.82) is 0 Å². The number of carbonyl (C=O) groups excluding carboxylic acids is 2. The van der Waals surface area contributed by atoms with E-state index in [1.807, 2.05) is 0 Å². The van der Waals surface area contributed by atoms with Crippen molar-refractivity contribution in [3.63, 3.8) is 0 Å². The molecule has 11 nitrogen and oxygen atoms in total. The van der Waals surface area contributed by atoms with E-state index < -0.39 is 57.6 Å². The monoisotopic (exact) mass is 892 g/mol. The molecule has 0 aliphatic rings. The van der Waals surface area contributed by atoms with Crippen LogP contribution in [0.4, 0.5) is 0 Å². The standard InChI is InChI=1S/C50H86NO10P/c1-3-5-7-9-11-13-15-17-19-21-22-23-24-26-28-30-32-34-36-38-40-42-49(54)59-43-46(52)44-60-62(57,58)61-45-47(50(55)56)51-48(53)41-39-37-35-33-31-29-27-25-20-18-16-14-12-10-8-6-4-2/h5,7,11,13,17-20,22-23,26,28,46-47,52H,3-4,6,8-10,12,14-16,21,24-25,27,29-45H2,1-2H3,(H,51,53)(H,55,56)(H,57,58)/b7-5-,13-11-,19-17-,20-18-,23-22-,28-26-. The van der Waals surface area contributed by atoms with Crippen molar-refractivity contribution in [3.05, 3.63) is 72.9 Å². The van der Waals surface area contributed by atoms with Crippen molar-refractivity contribution in [2.75, 3.05) is 19.8 Å². The van der Waals surface area contributed by atoms with Gasteiger partial charge in [0.1, 0.15) is 12.7 Å². The summed E-state index contributed by atoms with van der Waals surface area (Å²) in [5.74, 6) is -2.40. The number of phosphoric ester groups is 1. The molecule has 0 saturated heterocycles. The van der Waals surface area contributed by atoms with Crippen molar-refractivity contribution in [2.45, 2.75) is 206 Å². The van der Waals surface area contributed by atoms with Gasteiger partial charge in [-0.15, -0.1) is 0 Å². The van der Waals surface area contributed by atoms with Gasteiger partial charge in [0, 0.05) is 12.8 Å². The van der Waals surface area contributed by atoms with E-state index in [9.17, 15) is 34.1 Å². The highest BCUT2D eigenvalue weighted by atomic mass is 31.2. The number of aliphatic hydroxyl groups is 1. The minimum absolute atomic E-state index is 0.137. The Morgan fingerprint density at radius 1 is 0.532 bits per heavy atom. The number of carbonyl (C=O) groups is 3. The zero-order valence-electron chi connectivity index (χ0n) is 38.6. The number of carboxylic acids is 1. The maximum atomic E-state index is 12.3. The average Bonchev–Trinajstić information content (AvgIpc) is 3.25. The van der Waals surface area contributed by atoms with Gasteiger partial charge < -0.3 is 25.2 Å². The largest absolute Gasteiger partial charge is 0.480 e. The molecule has 0 rings (SSSR count). The summed E-state index contributed by atoms with van der Waals surface area (Å²) in [7, 11) is -4.77. The third-order valence-corrected chi connectivity index (χ3v) is 10.9. The predicted octanol–water partition coefficient (Wildman–Crippen LogP) is 12.9. The van der Waals surface area contributed by atoms with Crippen molar-refractivity contribution in [3.8, 4) is 0 Å². The van der Waals surface area contributed by atoms with Crippen molar-refractivity contribution < 1.29 is 47.8 Å². The Hall–Kier alpha value is -3.08. The minimum Gasteiger partial charge on any atom is -0.480 e. The summed E-state index contributed by atoms with van der Waals surface area (Å²) in [5, 5.41) is 21.9. The number of hydrogen-bond acceptors (Lipinski definition) is 8. The van der Waals surface area contributed by atoms with Gasteiger partial charge in [-0.3, -0.25) is 18.6 Å². The lowest BCUT2D eigenvalue weighted by Gasteiger charge is -2.18. The molecule has 62 heavy (non-hydrogen) atoms. The molecule has 0 aromatic rings. The molecule has 0 aromatic carbocycles. The van der Waals surface area contributed by atoms with Gasteiger partial charge in [-0.25, -0.2) is 9.36 Å². The number of phosphoric acid groups is 1. The van der Waals surface area contributed by atoms with Gasteiger partial charge in [0.05, 0.1) is 13.2 Å². The molecular weight excluding hydrogens is 806 g/mol. The fourth-order valence-electron chi connectivity index (χ4n) is 6.28. The summed E-state index contributed by atoms with van der Waals surface area (Å²) in [6.45, 7) is 2.46. The number of esters is 1. The van der Waals surface area contributed by atoms with Crippen LogP contribution in [0.2, 0.25) is 0 Å². The molecule has 0 bridgehead atoms. The summed E-state index contributed by atoms with van der Waals surface area (Å²) < 4.78 is 26.9. The Labute approximate surface area is 376 Å². The lowest BCUT2D eigenvalue weighted by Crippen LogP contribution is -2.43. The first-order valence-electron chi connectivity index (χ1n) is 24.0. The number of aliphatic carboxylic acids is 1. The molecule has 3 unspecified atom stereocenters. The van der Waals surface area contributed by atoms with Crippen LogP contribution in [0, 0.1) is 0 Å². The zero-order chi connectivity index (χ0) is 45.6. The molecule has 0 spiro atoms. The van der Waals surface area contributed by atoms with Crippen LogP contribution in [0.25, 0.3) is 0 Å². The Morgan fingerprint density at radius 2 is 0.935 bits per heavy atom. The maximum Gasteiger partial charge on any atom is 0.472 e. The second-order valence-corrected chi connectivity index (χ2v) is 17.4. The van der Waals surface area contributed by atoms with E-state index in [-0.39, 0.29) is 12.8 Å². The molecule has 0 saturated carbocycles. The van der Waals surface area contributed by atoms with E-state index in [1.165, 1.54) is 57.8 Å². The number of rotatable bonds is 44. The average molecular weight is 892 g/mol. The third kappa shape index (κ3) is 43.6. The van der Waals surface area contributed by atoms with Gasteiger partial charge in [0.2, 0.25) is 5.91 Å². The van der Waals surface area contributed by atoms with E-state index >= 15 is 0 Å². The first-order valence-corrected chi connectivity index (χ1v) is 25.5. The van der Waals surface area contributed by atoms with Crippen molar-refractivity contribution in [2.24, 2.45) is 0 Å². The van der Waals surface area contributed by atoms with E-state index in [0.29, 0.717) is 12.8 Å². The van der Waals surface area contributed by atoms with E-state index in [4.69, 9.17) is 13.8 Å². The Balaban J connectivity index is 3.91. The smallest absolute Gasteiger partial charge is 0.472 e. The van der Waals surface area contributed by atoms with Crippen LogP contribution >= 0.6 is 7.82 Å². The van der Waals surface area contributed by atoms with Gasteiger partial charge in [0.25, 0.3) is 0 Å². The summed E-state index contributed by atoms with van der Waals surface area (Å²) >= 11 is 0. The summed E-state index contributed by atoms with van der Waals surface area (Å²) in [5.41, 5.74) is 0. The minimum atomic E-state index is -4.77. The van der Waals surface area contributed by atoms with Crippen LogP contribution in [0.1, 0.15) is 194 Å². The molecule has 3 atom stereocenters. The van der Waals surface area contributed by atoms with Crippen LogP contribution in [0.15, 0.2) is 72.9 Å². The third-order valence-electron chi connectivity index (χ3n) is 9.98. The van der Waals surface area contributed by atoms with Gasteiger partial charge in [-0.1, -0.05) is 170 Å². The summed E-state index contributed by atoms with van der Waals surface area (Å²) in [6, 6.07) is -1.55. The highest BCUT2D eigenvalue weighted by molar-refractivity contribution is 7.47. The number of unbranched alkanes of at least 4 members (excludes halogenated alkanes) is 18. The molecule has 1 amide bonds. The number of ether oxygens (including phenoxy) is 1. The summed E-state index contributed by atoms with van der Waals surface area (Å²) in [4.78, 5) is 46.0. The normalized spacial score (nSPS) is 14.3. The van der Waals surface area contributed by atoms with Crippen LogP contribution < -0.4 is 5.32 Å². The Bertz CT molecular complexity index is 1320. The van der Waals surface area contributed by atoms with Gasteiger partial charge in [-0.2, -0.15) is 0 Å². The predicted molar refractivity (Wildman–Crippen MR) is 254 cm³/mol. The van der Waals surface area contributed by atoms with Gasteiger partial charge in [0.15, 0.2) is 6.04 Å². The fraction of sp³-hybridized carbons (Fsp3) is 0.700. The molecule has 12 heteroatoms. The number of amides is 1. The van der Waals surface area contributed by atoms with E-state index in [2.05, 4.69) is 92.1 Å². The number of nitrogens with one attached hydrogen (secondary N) is 1. The van der Waals surface area contributed by atoms with Crippen molar-refractivity contribution >= 4 is 25.7 Å². The second-order valence-electron chi connectivity index (χ2n) is 15.9. The second kappa shape index (κ2) is 44.5.